The monoisotopic (exact) mass is 484 g/mol. The SMILES string of the molecule is COc1c(Cl)cc(C)cc1/C(O)=C1\C(=O)C(=O)N(c2cc(Cl)ccc2O)C1c1cccnc1. The second-order valence-corrected chi connectivity index (χ2v) is 8.26. The van der Waals surface area contributed by atoms with Gasteiger partial charge in [-0.2, -0.15) is 0 Å². The van der Waals surface area contributed by atoms with Gasteiger partial charge < -0.3 is 14.9 Å². The van der Waals surface area contributed by atoms with Gasteiger partial charge in [0.1, 0.15) is 17.3 Å². The number of rotatable bonds is 4. The largest absolute Gasteiger partial charge is 0.507 e. The number of carbonyl (C=O) groups is 2. The zero-order valence-electron chi connectivity index (χ0n) is 17.5. The van der Waals surface area contributed by atoms with Crippen molar-refractivity contribution < 1.29 is 24.5 Å². The maximum atomic E-state index is 13.2. The van der Waals surface area contributed by atoms with Crippen molar-refractivity contribution >= 4 is 46.3 Å². The minimum absolute atomic E-state index is 0.0201. The van der Waals surface area contributed by atoms with E-state index in [1.165, 1.54) is 37.7 Å². The van der Waals surface area contributed by atoms with E-state index in [1.807, 2.05) is 0 Å². The van der Waals surface area contributed by atoms with Crippen LogP contribution >= 0.6 is 23.2 Å². The molecule has 1 aromatic heterocycles. The molecule has 2 N–H and O–H groups in total. The maximum absolute atomic E-state index is 13.2. The molecule has 0 spiro atoms. The number of carbonyl (C=O) groups excluding carboxylic acids is 2. The first-order valence-corrected chi connectivity index (χ1v) is 10.5. The quantitative estimate of drug-likeness (QED) is 0.305. The third-order valence-corrected chi connectivity index (χ3v) is 5.80. The summed E-state index contributed by atoms with van der Waals surface area (Å²) in [7, 11) is 1.38. The first-order valence-electron chi connectivity index (χ1n) is 9.78. The zero-order chi connectivity index (χ0) is 23.9. The highest BCUT2D eigenvalue weighted by atomic mass is 35.5. The Morgan fingerprint density at radius 2 is 1.91 bits per heavy atom. The number of aromatic hydroxyl groups is 1. The van der Waals surface area contributed by atoms with Gasteiger partial charge in [-0.15, -0.1) is 0 Å². The lowest BCUT2D eigenvalue weighted by Gasteiger charge is -2.26. The summed E-state index contributed by atoms with van der Waals surface area (Å²) in [6.07, 6.45) is 3.01. The van der Waals surface area contributed by atoms with Crippen molar-refractivity contribution in [1.82, 2.24) is 4.98 Å². The lowest BCUT2D eigenvalue weighted by molar-refractivity contribution is -0.132. The molecule has 1 unspecified atom stereocenters. The number of ketones is 1. The van der Waals surface area contributed by atoms with E-state index < -0.39 is 23.5 Å². The molecule has 1 amide bonds. The van der Waals surface area contributed by atoms with E-state index in [9.17, 15) is 19.8 Å². The molecule has 1 atom stereocenters. The highest BCUT2D eigenvalue weighted by Crippen LogP contribution is 2.46. The number of phenols is 1. The second-order valence-electron chi connectivity index (χ2n) is 7.42. The maximum Gasteiger partial charge on any atom is 0.300 e. The number of hydrogen-bond donors (Lipinski definition) is 2. The molecule has 33 heavy (non-hydrogen) atoms. The Balaban J connectivity index is 2.03. The number of pyridine rings is 1. The summed E-state index contributed by atoms with van der Waals surface area (Å²) in [5.74, 6) is -2.46. The molecule has 168 valence electrons. The fourth-order valence-corrected chi connectivity index (χ4v) is 4.40. The average Bonchev–Trinajstić information content (AvgIpc) is 3.05. The first-order chi connectivity index (χ1) is 15.7. The second kappa shape index (κ2) is 8.77. The van der Waals surface area contributed by atoms with Crippen molar-refractivity contribution in [3.63, 3.8) is 0 Å². The van der Waals surface area contributed by atoms with Crippen molar-refractivity contribution in [2.24, 2.45) is 0 Å². The van der Waals surface area contributed by atoms with Crippen LogP contribution in [-0.2, 0) is 9.59 Å². The van der Waals surface area contributed by atoms with Crippen LogP contribution in [0.1, 0.15) is 22.7 Å². The van der Waals surface area contributed by atoms with Crippen LogP contribution < -0.4 is 9.64 Å². The standard InChI is InChI=1S/C24H18Cl2N2O5/c1-12-8-15(23(33-2)16(26)9-12)21(30)19-20(13-4-3-7-27-11-13)28(24(32)22(19)31)17-10-14(25)5-6-18(17)29/h3-11,20,29-30H,1-2H3/b21-19+. The predicted octanol–water partition coefficient (Wildman–Crippen LogP) is 5.04. The lowest BCUT2D eigenvalue weighted by Crippen LogP contribution is -2.29. The van der Waals surface area contributed by atoms with Crippen molar-refractivity contribution in [2.45, 2.75) is 13.0 Å². The molecule has 0 aliphatic carbocycles. The number of anilines is 1. The molecule has 1 saturated heterocycles. The summed E-state index contributed by atoms with van der Waals surface area (Å²) in [6, 6.07) is 9.60. The molecule has 9 heteroatoms. The van der Waals surface area contributed by atoms with Gasteiger partial charge in [0.2, 0.25) is 0 Å². The van der Waals surface area contributed by atoms with Gasteiger partial charge in [-0.1, -0.05) is 29.3 Å². The van der Waals surface area contributed by atoms with Crippen molar-refractivity contribution in [2.75, 3.05) is 12.0 Å². The Morgan fingerprint density at radius 3 is 2.58 bits per heavy atom. The smallest absolute Gasteiger partial charge is 0.300 e. The van der Waals surface area contributed by atoms with Gasteiger partial charge in [0.15, 0.2) is 0 Å². The molecule has 2 heterocycles. The Morgan fingerprint density at radius 1 is 1.15 bits per heavy atom. The number of ether oxygens (including phenoxy) is 1. The average molecular weight is 485 g/mol. The fraction of sp³-hybridized carbons (Fsp3) is 0.125. The van der Waals surface area contributed by atoms with E-state index in [0.29, 0.717) is 11.1 Å². The molecular formula is C24H18Cl2N2O5. The number of benzene rings is 2. The summed E-state index contributed by atoms with van der Waals surface area (Å²) >= 11 is 12.4. The molecule has 0 radical (unpaired) electrons. The van der Waals surface area contributed by atoms with Crippen molar-refractivity contribution in [1.29, 1.82) is 0 Å². The number of nitrogens with zero attached hydrogens (tertiary/aromatic N) is 2. The third kappa shape index (κ3) is 3.90. The Hall–Kier alpha value is -3.55. The van der Waals surface area contributed by atoms with E-state index in [2.05, 4.69) is 4.98 Å². The van der Waals surface area contributed by atoms with Crippen LogP contribution in [0, 0.1) is 6.92 Å². The van der Waals surface area contributed by atoms with Crippen LogP contribution in [0.15, 0.2) is 60.4 Å². The van der Waals surface area contributed by atoms with E-state index in [1.54, 1.807) is 31.2 Å². The van der Waals surface area contributed by atoms with Crippen molar-refractivity contribution in [3.8, 4) is 11.5 Å². The summed E-state index contributed by atoms with van der Waals surface area (Å²) < 4.78 is 5.36. The van der Waals surface area contributed by atoms with Gasteiger partial charge in [0, 0.05) is 17.4 Å². The minimum Gasteiger partial charge on any atom is -0.507 e. The van der Waals surface area contributed by atoms with Gasteiger partial charge in [0.25, 0.3) is 11.7 Å². The van der Waals surface area contributed by atoms with Gasteiger partial charge in [-0.25, -0.2) is 0 Å². The Labute approximate surface area is 199 Å². The fourth-order valence-electron chi connectivity index (χ4n) is 3.88. The molecule has 1 aliphatic rings. The molecule has 0 bridgehead atoms. The molecule has 3 aromatic rings. The Bertz CT molecular complexity index is 1310. The third-order valence-electron chi connectivity index (χ3n) is 5.29. The summed E-state index contributed by atoms with van der Waals surface area (Å²) in [5.41, 5.74) is 1.13. The van der Waals surface area contributed by atoms with E-state index in [-0.39, 0.29) is 38.4 Å². The number of halogens is 2. The van der Waals surface area contributed by atoms with E-state index in [4.69, 9.17) is 27.9 Å². The van der Waals surface area contributed by atoms with Gasteiger partial charge in [-0.05, 0) is 54.4 Å². The number of aromatic nitrogens is 1. The summed E-state index contributed by atoms with van der Waals surface area (Å²) in [4.78, 5) is 31.6. The molecular weight excluding hydrogens is 467 g/mol. The minimum atomic E-state index is -1.09. The molecule has 7 nitrogen and oxygen atoms in total. The topological polar surface area (TPSA) is 100.0 Å². The molecule has 2 aromatic carbocycles. The van der Waals surface area contributed by atoms with E-state index in [0.717, 1.165) is 4.90 Å². The van der Waals surface area contributed by atoms with Crippen LogP contribution in [0.25, 0.3) is 5.76 Å². The van der Waals surface area contributed by atoms with Crippen molar-refractivity contribution in [3.05, 3.63) is 87.2 Å². The number of aryl methyl sites for hydroxylation is 1. The number of Topliss-reactive ketones (excluding diaryl/α,β-unsaturated/α-hetero) is 1. The van der Waals surface area contributed by atoms with E-state index >= 15 is 0 Å². The van der Waals surface area contributed by atoms with Crippen LogP contribution in [0.3, 0.4) is 0 Å². The van der Waals surface area contributed by atoms with Gasteiger partial charge in [-0.3, -0.25) is 19.5 Å². The molecule has 4 rings (SSSR count). The summed E-state index contributed by atoms with van der Waals surface area (Å²) in [6.45, 7) is 1.77. The highest BCUT2D eigenvalue weighted by molar-refractivity contribution is 6.52. The zero-order valence-corrected chi connectivity index (χ0v) is 19.1. The lowest BCUT2D eigenvalue weighted by atomic mass is 9.95. The normalized spacial score (nSPS) is 17.5. The van der Waals surface area contributed by atoms with Crippen LogP contribution in [-0.4, -0.2) is 34.0 Å². The molecule has 0 saturated carbocycles. The number of aliphatic hydroxyl groups is 1. The number of hydrogen-bond acceptors (Lipinski definition) is 6. The van der Waals surface area contributed by atoms with Gasteiger partial charge in [0.05, 0.1) is 35.0 Å². The van der Waals surface area contributed by atoms with Crippen LogP contribution in [0.4, 0.5) is 5.69 Å². The molecule has 1 aliphatic heterocycles. The number of amides is 1. The predicted molar refractivity (Wildman–Crippen MR) is 125 cm³/mol. The number of methoxy groups -OCH3 is 1. The van der Waals surface area contributed by atoms with Crippen LogP contribution in [0.5, 0.6) is 11.5 Å². The first kappa shape index (κ1) is 22.6. The summed E-state index contributed by atoms with van der Waals surface area (Å²) in [5, 5.41) is 22.3. The van der Waals surface area contributed by atoms with Crippen LogP contribution in [0.2, 0.25) is 10.0 Å². The van der Waals surface area contributed by atoms with Gasteiger partial charge >= 0.3 is 0 Å². The number of phenolic OH excluding ortho intramolecular Hbond substituents is 1. The Kier molecular flexibility index (Phi) is 6.01. The highest BCUT2D eigenvalue weighted by Gasteiger charge is 2.48. The number of aliphatic hydroxyl groups excluding tert-OH is 1. The molecule has 1 fully saturated rings.